The molecule has 4 aliphatic rings. The van der Waals surface area contributed by atoms with Gasteiger partial charge in [0.2, 0.25) is 5.91 Å². The summed E-state index contributed by atoms with van der Waals surface area (Å²) < 4.78 is 59.3. The Kier molecular flexibility index (Phi) is 5.96. The van der Waals surface area contributed by atoms with Crippen LogP contribution in [0.2, 0.25) is 0 Å². The molecule has 11 nitrogen and oxygen atoms in total. The molecule has 46 heavy (non-hydrogen) atoms. The Morgan fingerprint density at radius 3 is 2.61 bits per heavy atom. The number of amides is 2. The fraction of sp³-hybridized carbons (Fsp3) is 0.375. The third-order valence-corrected chi connectivity index (χ3v) is 9.27. The van der Waals surface area contributed by atoms with Gasteiger partial charge in [-0.1, -0.05) is 0 Å². The molecule has 2 aliphatic carbocycles. The summed E-state index contributed by atoms with van der Waals surface area (Å²) in [4.78, 5) is 30.7. The summed E-state index contributed by atoms with van der Waals surface area (Å²) in [5.41, 5.74) is 3.95. The van der Waals surface area contributed by atoms with Crippen molar-refractivity contribution in [2.24, 2.45) is 11.7 Å². The first kappa shape index (κ1) is 28.6. The molecule has 2 aromatic carbocycles. The minimum Gasteiger partial charge on any atom is -0.489 e. The molecular formula is C32H28F3N5O6. The van der Waals surface area contributed by atoms with Gasteiger partial charge in [-0.05, 0) is 74.9 Å². The smallest absolute Gasteiger partial charge is 0.489 e. The number of benzene rings is 2. The number of halogens is 3. The van der Waals surface area contributed by atoms with Crippen molar-refractivity contribution in [3.63, 3.8) is 0 Å². The summed E-state index contributed by atoms with van der Waals surface area (Å²) in [6, 6.07) is 8.53. The van der Waals surface area contributed by atoms with E-state index in [1.54, 1.807) is 29.9 Å². The molecule has 8 rings (SSSR count). The first-order valence-corrected chi connectivity index (χ1v) is 14.9. The van der Waals surface area contributed by atoms with Crippen LogP contribution >= 0.6 is 0 Å². The normalized spacial score (nSPS) is 22.3. The van der Waals surface area contributed by atoms with Crippen LogP contribution in [0, 0.1) is 11.7 Å². The highest BCUT2D eigenvalue weighted by molar-refractivity contribution is 5.98. The molecule has 0 saturated heterocycles. The van der Waals surface area contributed by atoms with Crippen LogP contribution < -0.4 is 25.3 Å². The van der Waals surface area contributed by atoms with E-state index in [1.807, 2.05) is 0 Å². The number of carbonyl (C=O) groups excluding carboxylic acids is 2. The molecule has 2 aliphatic heterocycles. The van der Waals surface area contributed by atoms with Crippen LogP contribution in [0.1, 0.15) is 60.3 Å². The van der Waals surface area contributed by atoms with E-state index in [0.717, 1.165) is 18.9 Å². The van der Waals surface area contributed by atoms with E-state index in [4.69, 9.17) is 15.5 Å². The number of nitrogens with zero attached hydrogens (tertiary/aromatic N) is 3. The maximum absolute atomic E-state index is 15.0. The second-order valence-electron chi connectivity index (χ2n) is 12.7. The van der Waals surface area contributed by atoms with Crippen LogP contribution in [0.25, 0.3) is 22.2 Å². The summed E-state index contributed by atoms with van der Waals surface area (Å²) in [7, 11) is 0. The Bertz CT molecular complexity index is 1980. The number of fused-ring (bicyclic) bond motifs is 3. The molecule has 2 fully saturated rings. The second-order valence-corrected chi connectivity index (χ2v) is 12.7. The number of rotatable bonds is 8. The van der Waals surface area contributed by atoms with E-state index in [9.17, 15) is 27.9 Å². The number of carbonyl (C=O) groups is 2. The Balaban J connectivity index is 1.16. The molecule has 4 aromatic rings. The van der Waals surface area contributed by atoms with E-state index < -0.39 is 34.9 Å². The fourth-order valence-corrected chi connectivity index (χ4v) is 6.19. The van der Waals surface area contributed by atoms with E-state index >= 15 is 0 Å². The van der Waals surface area contributed by atoms with Crippen molar-refractivity contribution in [2.45, 2.75) is 56.0 Å². The van der Waals surface area contributed by atoms with Gasteiger partial charge in [0.1, 0.15) is 34.6 Å². The van der Waals surface area contributed by atoms with Gasteiger partial charge in [0.15, 0.2) is 17.3 Å². The number of ether oxygens (including phenoxy) is 3. The van der Waals surface area contributed by atoms with Crippen molar-refractivity contribution >= 4 is 22.7 Å². The summed E-state index contributed by atoms with van der Waals surface area (Å²) in [6.45, 7) is 1.20. The maximum atomic E-state index is 15.0. The Labute approximate surface area is 259 Å². The molecule has 0 spiro atoms. The van der Waals surface area contributed by atoms with Gasteiger partial charge in [-0.2, -0.15) is 5.10 Å². The summed E-state index contributed by atoms with van der Waals surface area (Å²) in [6.07, 6.45) is 1.08. The minimum absolute atomic E-state index is 0.0629. The van der Waals surface area contributed by atoms with Crippen LogP contribution in [0.15, 0.2) is 42.6 Å². The standard InChI is InChI=1S/C32H28F3N5O6/c1-30(29(36)42)14-44-27-20(30)11-24(38-26(27)15-2-7-22-23(10-15)46-32(34,35)45-22)31(43,18-3-4-18)13-37-28(41)16-8-17-12-40(19-5-6-19)39-25(17)21(33)9-16/h2,7-12,18-19,43H,3-6,13-14H2,1H3,(H2,36,42)(H,37,41)/t30-,31?/m0/s1. The van der Waals surface area contributed by atoms with Crippen molar-refractivity contribution in [3.8, 4) is 28.5 Å². The number of nitrogens with one attached hydrogen (secondary N) is 1. The van der Waals surface area contributed by atoms with Crippen molar-refractivity contribution in [3.05, 3.63) is 65.2 Å². The number of hydrogen-bond acceptors (Lipinski definition) is 8. The maximum Gasteiger partial charge on any atom is 0.586 e. The average molecular weight is 636 g/mol. The average Bonchev–Trinajstić information content (AvgIpc) is 3.94. The summed E-state index contributed by atoms with van der Waals surface area (Å²) in [5.74, 6) is -2.41. The van der Waals surface area contributed by atoms with Crippen molar-refractivity contribution in [2.75, 3.05) is 13.2 Å². The molecule has 0 bridgehead atoms. The largest absolute Gasteiger partial charge is 0.586 e. The molecule has 2 atom stereocenters. The number of hydrogen-bond donors (Lipinski definition) is 3. The van der Waals surface area contributed by atoms with E-state index in [0.29, 0.717) is 29.4 Å². The molecule has 0 radical (unpaired) electrons. The van der Waals surface area contributed by atoms with Gasteiger partial charge < -0.3 is 30.4 Å². The van der Waals surface area contributed by atoms with Gasteiger partial charge in [-0.15, -0.1) is 8.78 Å². The van der Waals surface area contributed by atoms with Crippen LogP contribution in [0.3, 0.4) is 0 Å². The monoisotopic (exact) mass is 635 g/mol. The van der Waals surface area contributed by atoms with E-state index in [2.05, 4.69) is 19.9 Å². The molecule has 14 heteroatoms. The highest BCUT2D eigenvalue weighted by Crippen LogP contribution is 2.51. The van der Waals surface area contributed by atoms with Crippen molar-refractivity contribution < 1.29 is 42.1 Å². The number of primary amides is 1. The third-order valence-electron chi connectivity index (χ3n) is 9.27. The predicted molar refractivity (Wildman–Crippen MR) is 155 cm³/mol. The molecule has 2 saturated carbocycles. The predicted octanol–water partition coefficient (Wildman–Crippen LogP) is 4.06. The lowest BCUT2D eigenvalue weighted by atomic mass is 9.81. The number of aromatic nitrogens is 3. The van der Waals surface area contributed by atoms with E-state index in [-0.39, 0.29) is 64.8 Å². The SMILES string of the molecule is C[C@]1(C(N)=O)COc2c1cc(C(O)(CNC(=O)c1cc(F)c3nn(C4CC4)cc3c1)C1CC1)nc2-c1ccc2c(c1)OC(F)(F)O2. The van der Waals surface area contributed by atoms with E-state index in [1.165, 1.54) is 18.2 Å². The van der Waals surface area contributed by atoms with Crippen LogP contribution in [-0.2, 0) is 15.8 Å². The first-order chi connectivity index (χ1) is 21.8. The Morgan fingerprint density at radius 1 is 1.13 bits per heavy atom. The van der Waals surface area contributed by atoms with Gasteiger partial charge in [0.05, 0.1) is 18.3 Å². The Hall–Kier alpha value is -4.85. The molecule has 2 aromatic heterocycles. The number of nitrogens with two attached hydrogens (primary N) is 1. The van der Waals surface area contributed by atoms with Gasteiger partial charge in [0, 0.05) is 28.3 Å². The number of aliphatic hydroxyl groups is 1. The lowest BCUT2D eigenvalue weighted by Crippen LogP contribution is -2.44. The topological polar surface area (TPSA) is 151 Å². The molecule has 1 unspecified atom stereocenters. The van der Waals surface area contributed by atoms with Gasteiger partial charge >= 0.3 is 6.29 Å². The molecule has 2 amide bonds. The quantitative estimate of drug-likeness (QED) is 0.262. The fourth-order valence-electron chi connectivity index (χ4n) is 6.19. The van der Waals surface area contributed by atoms with Gasteiger partial charge in [-0.25, -0.2) is 9.37 Å². The number of alkyl halides is 2. The summed E-state index contributed by atoms with van der Waals surface area (Å²) in [5, 5.41) is 19.7. The first-order valence-electron chi connectivity index (χ1n) is 14.9. The van der Waals surface area contributed by atoms with Crippen LogP contribution in [-0.4, -0.2) is 51.1 Å². The minimum atomic E-state index is -3.84. The zero-order valence-corrected chi connectivity index (χ0v) is 24.5. The third kappa shape index (κ3) is 4.53. The molecule has 4 heterocycles. The molecule has 4 N–H and O–H groups in total. The van der Waals surface area contributed by atoms with Crippen LogP contribution in [0.5, 0.6) is 17.2 Å². The van der Waals surface area contributed by atoms with Crippen molar-refractivity contribution in [1.82, 2.24) is 20.1 Å². The highest BCUT2D eigenvalue weighted by atomic mass is 19.3. The van der Waals surface area contributed by atoms with Crippen molar-refractivity contribution in [1.29, 1.82) is 0 Å². The lowest BCUT2D eigenvalue weighted by Gasteiger charge is -2.30. The zero-order chi connectivity index (χ0) is 32.2. The molecular weight excluding hydrogens is 607 g/mol. The van der Waals surface area contributed by atoms with Gasteiger partial charge in [0.25, 0.3) is 5.91 Å². The van der Waals surface area contributed by atoms with Gasteiger partial charge in [-0.3, -0.25) is 14.3 Å². The Morgan fingerprint density at radius 2 is 1.89 bits per heavy atom. The zero-order valence-electron chi connectivity index (χ0n) is 24.5. The highest BCUT2D eigenvalue weighted by Gasteiger charge is 2.50. The summed E-state index contributed by atoms with van der Waals surface area (Å²) >= 11 is 0. The van der Waals surface area contributed by atoms with Crippen LogP contribution in [0.4, 0.5) is 13.2 Å². The molecule has 238 valence electrons. The second kappa shape index (κ2) is 9.58. The lowest BCUT2D eigenvalue weighted by molar-refractivity contribution is -0.286. The number of pyridine rings is 1.